The Morgan fingerprint density at radius 3 is 3.06 bits per heavy atom. The van der Waals surface area contributed by atoms with Gasteiger partial charge in [0.05, 0.1) is 0 Å². The standard InChI is InChI=1S/C12H15N5S/c13-10-8-9(5-6-14-10)18-12-16-15-11-4-2-1-3-7-17(11)12/h5-6,8H,1-4,7H2,(H2,13,14). The maximum absolute atomic E-state index is 5.68. The quantitative estimate of drug-likeness (QED) is 0.896. The average Bonchev–Trinajstić information content (AvgIpc) is 2.60. The summed E-state index contributed by atoms with van der Waals surface area (Å²) in [6.07, 6.45) is 6.45. The van der Waals surface area contributed by atoms with Crippen LogP contribution in [0.15, 0.2) is 28.4 Å². The van der Waals surface area contributed by atoms with E-state index in [9.17, 15) is 0 Å². The number of nitrogen functional groups attached to an aromatic ring is 1. The van der Waals surface area contributed by atoms with Crippen LogP contribution in [-0.2, 0) is 13.0 Å². The molecule has 2 N–H and O–H groups in total. The molecule has 0 aliphatic carbocycles. The molecule has 94 valence electrons. The molecule has 0 unspecified atom stereocenters. The molecule has 0 fully saturated rings. The van der Waals surface area contributed by atoms with Crippen molar-refractivity contribution in [2.45, 2.75) is 42.3 Å². The molecule has 0 atom stereocenters. The second kappa shape index (κ2) is 4.97. The van der Waals surface area contributed by atoms with Crippen molar-refractivity contribution in [3.05, 3.63) is 24.2 Å². The Morgan fingerprint density at radius 2 is 2.17 bits per heavy atom. The van der Waals surface area contributed by atoms with Crippen molar-refractivity contribution in [1.82, 2.24) is 19.7 Å². The van der Waals surface area contributed by atoms with Gasteiger partial charge in [-0.05, 0) is 36.7 Å². The molecule has 0 bridgehead atoms. The summed E-state index contributed by atoms with van der Waals surface area (Å²) in [5, 5.41) is 9.52. The van der Waals surface area contributed by atoms with Crippen LogP contribution in [0.4, 0.5) is 5.82 Å². The van der Waals surface area contributed by atoms with Gasteiger partial charge in [-0.2, -0.15) is 0 Å². The van der Waals surface area contributed by atoms with E-state index in [4.69, 9.17) is 5.73 Å². The van der Waals surface area contributed by atoms with Gasteiger partial charge in [-0.1, -0.05) is 6.42 Å². The van der Waals surface area contributed by atoms with Crippen molar-refractivity contribution < 1.29 is 0 Å². The minimum absolute atomic E-state index is 0.538. The summed E-state index contributed by atoms with van der Waals surface area (Å²) >= 11 is 1.60. The molecule has 2 aromatic rings. The summed E-state index contributed by atoms with van der Waals surface area (Å²) in [7, 11) is 0. The normalized spacial score (nSPS) is 15.1. The van der Waals surface area contributed by atoms with Crippen molar-refractivity contribution in [2.24, 2.45) is 0 Å². The maximum atomic E-state index is 5.68. The summed E-state index contributed by atoms with van der Waals surface area (Å²) in [4.78, 5) is 5.05. The fourth-order valence-corrected chi connectivity index (χ4v) is 3.04. The molecular formula is C12H15N5S. The minimum atomic E-state index is 0.538. The molecule has 0 amide bonds. The van der Waals surface area contributed by atoms with Gasteiger partial charge in [0.15, 0.2) is 5.16 Å². The Bertz CT molecular complexity index is 551. The van der Waals surface area contributed by atoms with Crippen molar-refractivity contribution >= 4 is 17.6 Å². The number of hydrogen-bond donors (Lipinski definition) is 1. The fraction of sp³-hybridized carbons (Fsp3) is 0.417. The van der Waals surface area contributed by atoms with E-state index in [1.165, 1.54) is 19.3 Å². The van der Waals surface area contributed by atoms with Crippen molar-refractivity contribution in [1.29, 1.82) is 0 Å². The zero-order valence-electron chi connectivity index (χ0n) is 10.0. The molecule has 1 aliphatic rings. The minimum Gasteiger partial charge on any atom is -0.384 e. The van der Waals surface area contributed by atoms with Gasteiger partial charge in [0.1, 0.15) is 11.6 Å². The summed E-state index contributed by atoms with van der Waals surface area (Å²) in [5.74, 6) is 1.65. The highest BCUT2D eigenvalue weighted by molar-refractivity contribution is 7.99. The molecular weight excluding hydrogens is 246 g/mol. The van der Waals surface area contributed by atoms with Crippen LogP contribution in [0.1, 0.15) is 25.1 Å². The highest BCUT2D eigenvalue weighted by atomic mass is 32.2. The topological polar surface area (TPSA) is 69.6 Å². The largest absolute Gasteiger partial charge is 0.384 e. The highest BCUT2D eigenvalue weighted by Crippen LogP contribution is 2.28. The smallest absolute Gasteiger partial charge is 0.196 e. The average molecular weight is 261 g/mol. The number of nitrogens with zero attached hydrogens (tertiary/aromatic N) is 4. The Balaban J connectivity index is 1.87. The molecule has 0 saturated heterocycles. The molecule has 2 aromatic heterocycles. The first-order valence-corrected chi connectivity index (χ1v) is 6.96. The molecule has 6 heteroatoms. The Morgan fingerprint density at radius 1 is 1.22 bits per heavy atom. The lowest BCUT2D eigenvalue weighted by Crippen LogP contribution is -2.02. The van der Waals surface area contributed by atoms with Gasteiger partial charge in [-0.3, -0.25) is 0 Å². The van der Waals surface area contributed by atoms with Crippen LogP contribution in [0.3, 0.4) is 0 Å². The Kier molecular flexibility index (Phi) is 3.19. The van der Waals surface area contributed by atoms with Crippen LogP contribution in [0, 0.1) is 0 Å². The first-order valence-electron chi connectivity index (χ1n) is 6.14. The number of hydrogen-bond acceptors (Lipinski definition) is 5. The SMILES string of the molecule is Nc1cc(Sc2nnc3n2CCCCC3)ccn1. The monoisotopic (exact) mass is 261 g/mol. The number of fused-ring (bicyclic) bond motifs is 1. The van der Waals surface area contributed by atoms with E-state index in [1.807, 2.05) is 12.1 Å². The molecule has 1 aliphatic heterocycles. The summed E-state index contributed by atoms with van der Waals surface area (Å²) < 4.78 is 2.23. The summed E-state index contributed by atoms with van der Waals surface area (Å²) in [5.41, 5.74) is 5.68. The number of rotatable bonds is 2. The Hall–Kier alpha value is -1.56. The van der Waals surface area contributed by atoms with Gasteiger partial charge in [0, 0.05) is 24.1 Å². The fourth-order valence-electron chi connectivity index (χ4n) is 2.13. The van der Waals surface area contributed by atoms with Crippen LogP contribution < -0.4 is 5.73 Å². The number of aryl methyl sites for hydroxylation is 1. The predicted octanol–water partition coefficient (Wildman–Crippen LogP) is 2.13. The predicted molar refractivity (Wildman–Crippen MR) is 70.3 cm³/mol. The van der Waals surface area contributed by atoms with Gasteiger partial charge >= 0.3 is 0 Å². The van der Waals surface area contributed by atoms with E-state index in [0.717, 1.165) is 28.8 Å². The Labute approximate surface area is 110 Å². The molecule has 3 rings (SSSR count). The van der Waals surface area contributed by atoms with Gasteiger partial charge in [-0.25, -0.2) is 4.98 Å². The second-order valence-electron chi connectivity index (χ2n) is 4.38. The third-order valence-corrected chi connectivity index (χ3v) is 4.01. The van der Waals surface area contributed by atoms with Gasteiger partial charge in [0.2, 0.25) is 0 Å². The molecule has 0 radical (unpaired) electrons. The van der Waals surface area contributed by atoms with Gasteiger partial charge in [-0.15, -0.1) is 10.2 Å². The van der Waals surface area contributed by atoms with E-state index in [1.54, 1.807) is 18.0 Å². The number of nitrogens with two attached hydrogens (primary N) is 1. The van der Waals surface area contributed by atoms with Crippen LogP contribution in [0.2, 0.25) is 0 Å². The van der Waals surface area contributed by atoms with E-state index < -0.39 is 0 Å². The maximum Gasteiger partial charge on any atom is 0.196 e. The van der Waals surface area contributed by atoms with Crippen LogP contribution >= 0.6 is 11.8 Å². The van der Waals surface area contributed by atoms with Crippen LogP contribution in [-0.4, -0.2) is 19.7 Å². The molecule has 0 spiro atoms. The third-order valence-electron chi connectivity index (χ3n) is 3.04. The van der Waals surface area contributed by atoms with Crippen molar-refractivity contribution in [3.8, 4) is 0 Å². The highest BCUT2D eigenvalue weighted by Gasteiger charge is 2.15. The van der Waals surface area contributed by atoms with Crippen molar-refractivity contribution in [3.63, 3.8) is 0 Å². The van der Waals surface area contributed by atoms with E-state index in [2.05, 4.69) is 19.7 Å². The van der Waals surface area contributed by atoms with Gasteiger partial charge in [0.25, 0.3) is 0 Å². The molecule has 5 nitrogen and oxygen atoms in total. The lowest BCUT2D eigenvalue weighted by atomic mass is 10.2. The lowest BCUT2D eigenvalue weighted by Gasteiger charge is -2.06. The second-order valence-corrected chi connectivity index (χ2v) is 5.42. The first-order chi connectivity index (χ1) is 8.83. The zero-order valence-corrected chi connectivity index (χ0v) is 10.9. The molecule has 0 saturated carbocycles. The van der Waals surface area contributed by atoms with E-state index >= 15 is 0 Å². The van der Waals surface area contributed by atoms with E-state index in [-0.39, 0.29) is 0 Å². The van der Waals surface area contributed by atoms with Crippen molar-refractivity contribution in [2.75, 3.05) is 5.73 Å². The number of anilines is 1. The number of aromatic nitrogens is 4. The van der Waals surface area contributed by atoms with Crippen LogP contribution in [0.25, 0.3) is 0 Å². The van der Waals surface area contributed by atoms with E-state index in [0.29, 0.717) is 5.82 Å². The summed E-state index contributed by atoms with van der Waals surface area (Å²) in [6.45, 7) is 1.02. The summed E-state index contributed by atoms with van der Waals surface area (Å²) in [6, 6.07) is 3.81. The molecule has 3 heterocycles. The third kappa shape index (κ3) is 2.33. The molecule has 18 heavy (non-hydrogen) atoms. The first kappa shape index (κ1) is 11.5. The molecule has 0 aromatic carbocycles. The van der Waals surface area contributed by atoms with Crippen LogP contribution in [0.5, 0.6) is 0 Å². The van der Waals surface area contributed by atoms with Gasteiger partial charge < -0.3 is 10.3 Å². The lowest BCUT2D eigenvalue weighted by molar-refractivity contribution is 0.591. The zero-order chi connectivity index (χ0) is 12.4. The number of pyridine rings is 1.